The Morgan fingerprint density at radius 3 is 2.82 bits per heavy atom. The van der Waals surface area contributed by atoms with Crippen molar-refractivity contribution in [1.29, 1.82) is 0 Å². The maximum Gasteiger partial charge on any atom is 0.178 e. The summed E-state index contributed by atoms with van der Waals surface area (Å²) in [5, 5.41) is 9.54. The number of likely N-dealkylation sites (tertiary alicyclic amines) is 1. The number of aryl methyl sites for hydroxylation is 1. The maximum atomic E-state index is 12.4. The molecule has 1 aromatic carbocycles. The molecular formula is C17H27NO3S. The summed E-state index contributed by atoms with van der Waals surface area (Å²) in [7, 11) is -3.21. The molecule has 0 radical (unpaired) electrons. The summed E-state index contributed by atoms with van der Waals surface area (Å²) in [4.78, 5) is 2.66. The van der Waals surface area contributed by atoms with Gasteiger partial charge < -0.3 is 5.11 Å². The smallest absolute Gasteiger partial charge is 0.178 e. The second-order valence-electron chi connectivity index (χ2n) is 6.39. The monoisotopic (exact) mass is 325 g/mol. The number of hydrogen-bond donors (Lipinski definition) is 1. The van der Waals surface area contributed by atoms with Gasteiger partial charge in [0, 0.05) is 6.04 Å². The number of aliphatic hydroxyl groups excluding tert-OH is 1. The Balaban J connectivity index is 1.92. The molecule has 1 N–H and O–H groups in total. The molecule has 22 heavy (non-hydrogen) atoms. The first-order valence-electron chi connectivity index (χ1n) is 8.08. The minimum Gasteiger partial charge on any atom is -0.395 e. The number of hydrogen-bond acceptors (Lipinski definition) is 4. The highest BCUT2D eigenvalue weighted by Gasteiger charge is 2.27. The van der Waals surface area contributed by atoms with Crippen molar-refractivity contribution in [3.63, 3.8) is 0 Å². The third kappa shape index (κ3) is 4.31. The Hall–Kier alpha value is -0.910. The molecule has 5 heteroatoms. The van der Waals surface area contributed by atoms with Crippen LogP contribution in [0.5, 0.6) is 0 Å². The molecule has 0 aliphatic carbocycles. The fraction of sp³-hybridized carbons (Fsp3) is 0.647. The zero-order valence-electron chi connectivity index (χ0n) is 13.5. The van der Waals surface area contributed by atoms with Crippen LogP contribution in [0.25, 0.3) is 0 Å². The molecule has 1 heterocycles. The van der Waals surface area contributed by atoms with Crippen LogP contribution in [-0.4, -0.2) is 49.9 Å². The van der Waals surface area contributed by atoms with Crippen LogP contribution in [0.2, 0.25) is 0 Å². The van der Waals surface area contributed by atoms with Gasteiger partial charge in [-0.1, -0.05) is 19.1 Å². The summed E-state index contributed by atoms with van der Waals surface area (Å²) in [6, 6.07) is 7.27. The Labute approximate surface area is 134 Å². The van der Waals surface area contributed by atoms with Crippen LogP contribution in [0.3, 0.4) is 0 Å². The van der Waals surface area contributed by atoms with Crippen molar-refractivity contribution < 1.29 is 13.5 Å². The van der Waals surface area contributed by atoms with E-state index in [1.807, 2.05) is 13.0 Å². The molecule has 0 unspecified atom stereocenters. The molecule has 1 saturated heterocycles. The van der Waals surface area contributed by atoms with Crippen molar-refractivity contribution in [2.24, 2.45) is 5.92 Å². The van der Waals surface area contributed by atoms with Gasteiger partial charge in [-0.15, -0.1) is 0 Å². The van der Waals surface area contributed by atoms with Gasteiger partial charge in [0.25, 0.3) is 0 Å². The van der Waals surface area contributed by atoms with Crippen LogP contribution in [0.15, 0.2) is 29.2 Å². The molecule has 0 amide bonds. The van der Waals surface area contributed by atoms with Crippen LogP contribution < -0.4 is 0 Å². The van der Waals surface area contributed by atoms with Gasteiger partial charge in [0.05, 0.1) is 17.3 Å². The van der Waals surface area contributed by atoms with E-state index in [2.05, 4.69) is 11.8 Å². The van der Waals surface area contributed by atoms with Crippen molar-refractivity contribution in [1.82, 2.24) is 4.90 Å². The van der Waals surface area contributed by atoms with Gasteiger partial charge in [-0.25, -0.2) is 8.42 Å². The van der Waals surface area contributed by atoms with Crippen molar-refractivity contribution in [3.05, 3.63) is 29.8 Å². The maximum absolute atomic E-state index is 12.4. The molecule has 1 fully saturated rings. The lowest BCUT2D eigenvalue weighted by molar-refractivity contribution is 0.0533. The highest BCUT2D eigenvalue weighted by atomic mass is 32.2. The molecule has 2 rings (SSSR count). The molecule has 0 aromatic heterocycles. The summed E-state index contributed by atoms with van der Waals surface area (Å²) in [6.45, 7) is 5.92. The SMILES string of the molecule is Cc1cccc(S(=O)(=O)CCCN2CCC[C@@H](C)[C@H]2CO)c1. The molecule has 1 aliphatic heterocycles. The standard InChI is InChI=1S/C17H27NO3S/c1-14-6-3-8-16(12-14)22(20,21)11-5-10-18-9-4-7-15(2)17(18)13-19/h3,6,8,12,15,17,19H,4-5,7,9-11,13H2,1-2H3/t15-,17-/m1/s1. The van der Waals surface area contributed by atoms with Gasteiger partial charge >= 0.3 is 0 Å². The molecule has 1 aliphatic rings. The topological polar surface area (TPSA) is 57.6 Å². The summed E-state index contributed by atoms with van der Waals surface area (Å²) >= 11 is 0. The zero-order valence-corrected chi connectivity index (χ0v) is 14.3. The summed E-state index contributed by atoms with van der Waals surface area (Å²) in [5.41, 5.74) is 0.964. The lowest BCUT2D eigenvalue weighted by atomic mass is 9.91. The van der Waals surface area contributed by atoms with Gasteiger partial charge in [-0.05, 0) is 62.9 Å². The first kappa shape index (κ1) is 17.4. The van der Waals surface area contributed by atoms with E-state index in [0.717, 1.165) is 31.5 Å². The predicted molar refractivity (Wildman–Crippen MR) is 88.7 cm³/mol. The lowest BCUT2D eigenvalue weighted by Crippen LogP contribution is -2.47. The van der Waals surface area contributed by atoms with E-state index in [1.54, 1.807) is 18.2 Å². The van der Waals surface area contributed by atoms with E-state index in [1.165, 1.54) is 0 Å². The fourth-order valence-electron chi connectivity index (χ4n) is 3.29. The Morgan fingerprint density at radius 2 is 2.14 bits per heavy atom. The summed E-state index contributed by atoms with van der Waals surface area (Å²) < 4.78 is 24.7. The average molecular weight is 325 g/mol. The summed E-state index contributed by atoms with van der Waals surface area (Å²) in [5.74, 6) is 0.645. The van der Waals surface area contributed by atoms with Crippen LogP contribution >= 0.6 is 0 Å². The molecule has 0 spiro atoms. The van der Waals surface area contributed by atoms with E-state index in [4.69, 9.17) is 0 Å². The van der Waals surface area contributed by atoms with E-state index >= 15 is 0 Å². The van der Waals surface area contributed by atoms with Crippen LogP contribution in [-0.2, 0) is 9.84 Å². The lowest BCUT2D eigenvalue weighted by Gasteiger charge is -2.39. The third-order valence-corrected chi connectivity index (χ3v) is 6.42. The predicted octanol–water partition coefficient (Wildman–Crippen LogP) is 2.25. The number of benzene rings is 1. The Morgan fingerprint density at radius 1 is 1.36 bits per heavy atom. The van der Waals surface area contributed by atoms with Crippen molar-refractivity contribution in [2.75, 3.05) is 25.4 Å². The number of nitrogens with zero attached hydrogens (tertiary/aromatic N) is 1. The van der Waals surface area contributed by atoms with Crippen molar-refractivity contribution in [2.45, 2.75) is 44.0 Å². The molecule has 0 saturated carbocycles. The average Bonchev–Trinajstić information content (AvgIpc) is 2.47. The molecule has 124 valence electrons. The van der Waals surface area contributed by atoms with Crippen LogP contribution in [0, 0.1) is 12.8 Å². The van der Waals surface area contributed by atoms with Crippen LogP contribution in [0.1, 0.15) is 31.7 Å². The largest absolute Gasteiger partial charge is 0.395 e. The quantitative estimate of drug-likeness (QED) is 0.871. The molecule has 1 aromatic rings. The first-order valence-corrected chi connectivity index (χ1v) is 9.73. The third-order valence-electron chi connectivity index (χ3n) is 4.62. The highest BCUT2D eigenvalue weighted by molar-refractivity contribution is 7.91. The van der Waals surface area contributed by atoms with E-state index < -0.39 is 9.84 Å². The molecule has 0 bridgehead atoms. The highest BCUT2D eigenvalue weighted by Crippen LogP contribution is 2.23. The van der Waals surface area contributed by atoms with E-state index in [0.29, 0.717) is 17.2 Å². The number of aliphatic hydroxyl groups is 1. The van der Waals surface area contributed by atoms with Gasteiger partial charge in [0.15, 0.2) is 9.84 Å². The second kappa shape index (κ2) is 7.57. The van der Waals surface area contributed by atoms with Crippen molar-refractivity contribution in [3.8, 4) is 0 Å². The fourth-order valence-corrected chi connectivity index (χ4v) is 4.69. The second-order valence-corrected chi connectivity index (χ2v) is 8.50. The molecular weight excluding hydrogens is 298 g/mol. The summed E-state index contributed by atoms with van der Waals surface area (Å²) in [6.07, 6.45) is 2.88. The van der Waals surface area contributed by atoms with Crippen LogP contribution in [0.4, 0.5) is 0 Å². The number of piperidine rings is 1. The van der Waals surface area contributed by atoms with Gasteiger partial charge in [0.2, 0.25) is 0 Å². The Kier molecular flexibility index (Phi) is 6.01. The normalized spacial score (nSPS) is 23.6. The van der Waals surface area contributed by atoms with Gasteiger partial charge in [-0.3, -0.25) is 4.90 Å². The molecule has 4 nitrogen and oxygen atoms in total. The number of rotatable bonds is 6. The molecule has 2 atom stereocenters. The first-order chi connectivity index (χ1) is 10.4. The van der Waals surface area contributed by atoms with E-state index in [9.17, 15) is 13.5 Å². The van der Waals surface area contributed by atoms with E-state index in [-0.39, 0.29) is 18.4 Å². The van der Waals surface area contributed by atoms with Crippen molar-refractivity contribution >= 4 is 9.84 Å². The van der Waals surface area contributed by atoms with Gasteiger partial charge in [-0.2, -0.15) is 0 Å². The zero-order chi connectivity index (χ0) is 16.2. The number of sulfone groups is 1. The van der Waals surface area contributed by atoms with Gasteiger partial charge in [0.1, 0.15) is 0 Å². The minimum absolute atomic E-state index is 0.159. The minimum atomic E-state index is -3.21. The Bertz CT molecular complexity index is 585.